The Morgan fingerprint density at radius 3 is 3.00 bits per heavy atom. The fourth-order valence-electron chi connectivity index (χ4n) is 2.42. The molecule has 6 nitrogen and oxygen atoms in total. The predicted molar refractivity (Wildman–Crippen MR) is 69.0 cm³/mol. The minimum atomic E-state index is -1.09. The Labute approximate surface area is 113 Å². The van der Waals surface area contributed by atoms with Crippen LogP contribution in [0.1, 0.15) is 11.9 Å². The van der Waals surface area contributed by atoms with Crippen LogP contribution in [0.3, 0.4) is 0 Å². The molecule has 0 saturated heterocycles. The number of aliphatic hydroxyl groups excluding tert-OH is 1. The molecule has 0 bridgehead atoms. The summed E-state index contributed by atoms with van der Waals surface area (Å²) < 4.78 is 12.9. The van der Waals surface area contributed by atoms with Crippen LogP contribution in [0.15, 0.2) is 34.7 Å². The standard InChI is InChI=1S/C14H11N3O3/c1-17-9-6-8-11(20-12(9)16-14(17)15)7-4-2-3-5-10(7)19-13(8)18/h2-6,13,15,18H,1H3. The normalized spacial score (nSPS) is 16.6. The van der Waals surface area contributed by atoms with Gasteiger partial charge in [-0.15, -0.1) is 0 Å². The third-order valence-corrected chi connectivity index (χ3v) is 3.50. The van der Waals surface area contributed by atoms with Gasteiger partial charge in [-0.05, 0) is 18.2 Å². The molecule has 1 unspecified atom stereocenters. The summed E-state index contributed by atoms with van der Waals surface area (Å²) in [6.07, 6.45) is -1.09. The number of benzene rings is 1. The van der Waals surface area contributed by atoms with Gasteiger partial charge in [0.25, 0.3) is 0 Å². The van der Waals surface area contributed by atoms with Crippen molar-refractivity contribution in [1.29, 1.82) is 5.41 Å². The van der Waals surface area contributed by atoms with Crippen molar-refractivity contribution in [3.63, 3.8) is 0 Å². The van der Waals surface area contributed by atoms with E-state index in [2.05, 4.69) is 4.98 Å². The average Bonchev–Trinajstić information content (AvgIpc) is 2.73. The maximum Gasteiger partial charge on any atom is 0.246 e. The zero-order valence-corrected chi connectivity index (χ0v) is 10.6. The fourth-order valence-corrected chi connectivity index (χ4v) is 2.42. The first kappa shape index (κ1) is 11.2. The van der Waals surface area contributed by atoms with E-state index in [4.69, 9.17) is 14.6 Å². The smallest absolute Gasteiger partial charge is 0.246 e. The summed E-state index contributed by atoms with van der Waals surface area (Å²) in [5.41, 5.74) is 2.07. The summed E-state index contributed by atoms with van der Waals surface area (Å²) in [4.78, 5) is 4.06. The predicted octanol–water partition coefficient (Wildman–Crippen LogP) is 1.65. The van der Waals surface area contributed by atoms with Gasteiger partial charge in [0.15, 0.2) is 0 Å². The summed E-state index contributed by atoms with van der Waals surface area (Å²) >= 11 is 0. The van der Waals surface area contributed by atoms with Gasteiger partial charge in [0.2, 0.25) is 17.8 Å². The Bertz CT molecular complexity index is 849. The molecule has 3 aliphatic heterocycles. The van der Waals surface area contributed by atoms with Gasteiger partial charge in [-0.1, -0.05) is 12.1 Å². The fraction of sp³-hybridized carbons (Fsp3) is 0.143. The van der Waals surface area contributed by atoms with Crippen LogP contribution < -0.4 is 10.4 Å². The molecule has 20 heavy (non-hydrogen) atoms. The third kappa shape index (κ3) is 1.36. The second kappa shape index (κ2) is 3.71. The first-order valence-electron chi connectivity index (χ1n) is 6.14. The third-order valence-electron chi connectivity index (χ3n) is 3.50. The van der Waals surface area contributed by atoms with Gasteiger partial charge in [0.1, 0.15) is 17.2 Å². The number of imidazole rings is 1. The molecule has 1 aromatic carbocycles. The van der Waals surface area contributed by atoms with Gasteiger partial charge >= 0.3 is 0 Å². The van der Waals surface area contributed by atoms with E-state index >= 15 is 0 Å². The van der Waals surface area contributed by atoms with Gasteiger partial charge in [-0.25, -0.2) is 0 Å². The lowest BCUT2D eigenvalue weighted by Gasteiger charge is -2.24. The van der Waals surface area contributed by atoms with Crippen LogP contribution in [0.5, 0.6) is 5.75 Å². The second-order valence-electron chi connectivity index (χ2n) is 4.68. The van der Waals surface area contributed by atoms with Crippen molar-refractivity contribution < 1.29 is 14.3 Å². The molecule has 2 N–H and O–H groups in total. The molecule has 3 heterocycles. The summed E-state index contributed by atoms with van der Waals surface area (Å²) in [6, 6.07) is 9.09. The number of aliphatic hydroxyl groups is 1. The number of aromatic nitrogens is 2. The molecule has 100 valence electrons. The molecule has 0 fully saturated rings. The molecule has 1 aromatic rings. The van der Waals surface area contributed by atoms with Crippen molar-refractivity contribution >= 4 is 0 Å². The van der Waals surface area contributed by atoms with E-state index in [0.717, 1.165) is 5.56 Å². The Balaban J connectivity index is 2.10. The molecule has 0 amide bonds. The number of rotatable bonds is 0. The van der Waals surface area contributed by atoms with E-state index < -0.39 is 6.29 Å². The highest BCUT2D eigenvalue weighted by molar-refractivity contribution is 5.73. The molecule has 0 saturated carbocycles. The Morgan fingerprint density at radius 1 is 1.35 bits per heavy atom. The largest absolute Gasteiger partial charge is 0.460 e. The zero-order chi connectivity index (χ0) is 13.9. The molecule has 3 aliphatic rings. The Morgan fingerprint density at radius 2 is 2.15 bits per heavy atom. The molecule has 0 spiro atoms. The maximum absolute atomic E-state index is 10.1. The van der Waals surface area contributed by atoms with Gasteiger partial charge < -0.3 is 18.8 Å². The molecular formula is C14H11N3O3. The molecule has 0 aromatic heterocycles. The number of hydrogen-bond donors (Lipinski definition) is 2. The van der Waals surface area contributed by atoms with Crippen molar-refractivity contribution in [2.24, 2.45) is 7.05 Å². The quantitative estimate of drug-likeness (QED) is 0.650. The number of para-hydroxylation sites is 1. The lowest BCUT2D eigenvalue weighted by molar-refractivity contribution is -0.0230. The topological polar surface area (TPSA) is 84.3 Å². The minimum absolute atomic E-state index is 0.106. The van der Waals surface area contributed by atoms with Gasteiger partial charge in [0, 0.05) is 7.05 Å². The SMILES string of the molecule is Cn1c2cc3c(oc-2nc1=N)-c1ccccc1OC3O. The Kier molecular flexibility index (Phi) is 2.08. The van der Waals surface area contributed by atoms with Gasteiger partial charge in [-0.2, -0.15) is 4.98 Å². The zero-order valence-electron chi connectivity index (χ0n) is 10.6. The van der Waals surface area contributed by atoms with E-state index in [-0.39, 0.29) is 5.62 Å². The minimum Gasteiger partial charge on any atom is -0.460 e. The summed E-state index contributed by atoms with van der Waals surface area (Å²) in [5, 5.41) is 17.8. The van der Waals surface area contributed by atoms with Gasteiger partial charge in [0.05, 0.1) is 11.1 Å². The van der Waals surface area contributed by atoms with Crippen molar-refractivity contribution in [2.45, 2.75) is 6.29 Å². The van der Waals surface area contributed by atoms with E-state index in [1.54, 1.807) is 23.7 Å². The van der Waals surface area contributed by atoms with Crippen molar-refractivity contribution in [3.8, 4) is 28.7 Å². The van der Waals surface area contributed by atoms with E-state index in [9.17, 15) is 5.11 Å². The van der Waals surface area contributed by atoms with E-state index in [1.165, 1.54) is 0 Å². The molecule has 1 atom stereocenters. The number of fused-ring (bicyclic) bond motifs is 4. The van der Waals surface area contributed by atoms with E-state index in [0.29, 0.717) is 28.7 Å². The summed E-state index contributed by atoms with van der Waals surface area (Å²) in [6.45, 7) is 0. The molecule has 0 aliphatic carbocycles. The van der Waals surface area contributed by atoms with Gasteiger partial charge in [-0.3, -0.25) is 5.41 Å². The lowest BCUT2D eigenvalue weighted by atomic mass is 10.0. The average molecular weight is 269 g/mol. The molecular weight excluding hydrogens is 258 g/mol. The van der Waals surface area contributed by atoms with Crippen molar-refractivity contribution in [2.75, 3.05) is 0 Å². The van der Waals surface area contributed by atoms with Crippen LogP contribution in [-0.4, -0.2) is 14.7 Å². The van der Waals surface area contributed by atoms with E-state index in [1.807, 2.05) is 18.2 Å². The highest BCUT2D eigenvalue weighted by Crippen LogP contribution is 2.43. The number of ether oxygens (including phenoxy) is 1. The number of nitrogens with zero attached hydrogens (tertiary/aromatic N) is 2. The van der Waals surface area contributed by atoms with Crippen molar-refractivity contribution in [1.82, 2.24) is 9.55 Å². The molecule has 0 radical (unpaired) electrons. The highest BCUT2D eigenvalue weighted by atomic mass is 16.6. The van der Waals surface area contributed by atoms with Crippen molar-refractivity contribution in [3.05, 3.63) is 41.5 Å². The van der Waals surface area contributed by atoms with Crippen LogP contribution in [-0.2, 0) is 7.05 Å². The van der Waals surface area contributed by atoms with Crippen LogP contribution >= 0.6 is 0 Å². The van der Waals surface area contributed by atoms with Crippen LogP contribution in [0.4, 0.5) is 0 Å². The summed E-state index contributed by atoms with van der Waals surface area (Å²) in [5.74, 6) is 1.47. The monoisotopic (exact) mass is 269 g/mol. The van der Waals surface area contributed by atoms with Crippen LogP contribution in [0, 0.1) is 5.41 Å². The maximum atomic E-state index is 10.1. The first-order chi connectivity index (χ1) is 9.65. The second-order valence-corrected chi connectivity index (χ2v) is 4.68. The Hall–Kier alpha value is -2.60. The van der Waals surface area contributed by atoms with Crippen LogP contribution in [0.25, 0.3) is 22.9 Å². The highest BCUT2D eigenvalue weighted by Gasteiger charge is 2.29. The number of hydrogen-bond acceptors (Lipinski definition) is 5. The summed E-state index contributed by atoms with van der Waals surface area (Å²) in [7, 11) is 1.73. The van der Waals surface area contributed by atoms with Crippen LogP contribution in [0.2, 0.25) is 0 Å². The number of nitrogens with one attached hydrogen (secondary N) is 1. The molecule has 6 heteroatoms. The first-order valence-corrected chi connectivity index (χ1v) is 6.14. The molecule has 4 rings (SSSR count). The lowest BCUT2D eigenvalue weighted by Crippen LogP contribution is -2.15.